The molecule has 0 radical (unpaired) electrons. The molecular formula is C24H27NO2. The zero-order chi connectivity index (χ0) is 19.4. The molecule has 0 spiro atoms. The molecule has 0 saturated carbocycles. The fourth-order valence-corrected chi connectivity index (χ4v) is 3.42. The van der Waals surface area contributed by atoms with Crippen LogP contribution in [0.1, 0.15) is 43.0 Å². The lowest BCUT2D eigenvalue weighted by Gasteiger charge is -2.22. The quantitative estimate of drug-likeness (QED) is 0.630. The molecular weight excluding hydrogens is 334 g/mol. The van der Waals surface area contributed by atoms with E-state index in [1.807, 2.05) is 50.2 Å². The first kappa shape index (κ1) is 19.0. The van der Waals surface area contributed by atoms with Crippen molar-refractivity contribution in [2.45, 2.75) is 46.3 Å². The van der Waals surface area contributed by atoms with Crippen LogP contribution in [0.2, 0.25) is 0 Å². The van der Waals surface area contributed by atoms with Crippen molar-refractivity contribution in [1.29, 1.82) is 0 Å². The molecule has 3 heteroatoms. The average molecular weight is 361 g/mol. The zero-order valence-corrected chi connectivity index (χ0v) is 16.5. The fourth-order valence-electron chi connectivity index (χ4n) is 3.42. The van der Waals surface area contributed by atoms with Gasteiger partial charge in [0.1, 0.15) is 5.75 Å². The molecule has 140 valence electrons. The van der Waals surface area contributed by atoms with E-state index in [0.29, 0.717) is 6.42 Å². The minimum absolute atomic E-state index is 0.0626. The summed E-state index contributed by atoms with van der Waals surface area (Å²) in [6, 6.07) is 20.3. The number of hydrogen-bond acceptors (Lipinski definition) is 2. The van der Waals surface area contributed by atoms with Crippen LogP contribution in [-0.2, 0) is 4.79 Å². The number of benzene rings is 3. The van der Waals surface area contributed by atoms with Gasteiger partial charge in [-0.2, -0.15) is 0 Å². The molecule has 0 aromatic heterocycles. The molecule has 0 bridgehead atoms. The van der Waals surface area contributed by atoms with Gasteiger partial charge in [0.05, 0.1) is 6.04 Å². The molecule has 2 atom stereocenters. The normalized spacial score (nSPS) is 13.2. The predicted molar refractivity (Wildman–Crippen MR) is 111 cm³/mol. The number of carbonyl (C=O) groups is 1. The van der Waals surface area contributed by atoms with Gasteiger partial charge in [-0.25, -0.2) is 0 Å². The molecule has 0 aliphatic carbocycles. The van der Waals surface area contributed by atoms with Gasteiger partial charge in [-0.3, -0.25) is 4.79 Å². The molecule has 0 unspecified atom stereocenters. The van der Waals surface area contributed by atoms with Crippen molar-refractivity contribution in [2.24, 2.45) is 0 Å². The average Bonchev–Trinajstić information content (AvgIpc) is 2.65. The van der Waals surface area contributed by atoms with Crippen LogP contribution >= 0.6 is 0 Å². The Kier molecular flexibility index (Phi) is 5.80. The first-order valence-corrected chi connectivity index (χ1v) is 9.51. The number of hydrogen-bond donors (Lipinski definition) is 1. The molecule has 0 fully saturated rings. The molecule has 0 heterocycles. The van der Waals surface area contributed by atoms with Crippen LogP contribution < -0.4 is 10.1 Å². The van der Waals surface area contributed by atoms with E-state index in [9.17, 15) is 4.79 Å². The van der Waals surface area contributed by atoms with Crippen LogP contribution in [-0.4, -0.2) is 12.0 Å². The molecule has 1 amide bonds. The van der Waals surface area contributed by atoms with Gasteiger partial charge in [0.2, 0.25) is 0 Å². The predicted octanol–water partition coefficient (Wildman–Crippen LogP) is 5.49. The second-order valence-electron chi connectivity index (χ2n) is 7.11. The number of nitrogens with one attached hydrogen (secondary N) is 1. The Morgan fingerprint density at radius 1 is 1.00 bits per heavy atom. The molecule has 3 aromatic rings. The van der Waals surface area contributed by atoms with Crippen molar-refractivity contribution in [3.8, 4) is 5.75 Å². The van der Waals surface area contributed by atoms with Crippen LogP contribution in [0.3, 0.4) is 0 Å². The smallest absolute Gasteiger partial charge is 0.261 e. The van der Waals surface area contributed by atoms with E-state index >= 15 is 0 Å². The highest BCUT2D eigenvalue weighted by Crippen LogP contribution is 2.23. The maximum absolute atomic E-state index is 12.8. The van der Waals surface area contributed by atoms with E-state index in [-0.39, 0.29) is 11.9 Å². The van der Waals surface area contributed by atoms with Gasteiger partial charge in [-0.1, -0.05) is 61.0 Å². The number of carbonyl (C=O) groups excluding carboxylic acids is 1. The van der Waals surface area contributed by atoms with Crippen LogP contribution in [0.25, 0.3) is 10.8 Å². The molecule has 3 aromatic carbocycles. The van der Waals surface area contributed by atoms with Gasteiger partial charge in [-0.15, -0.1) is 0 Å². The summed E-state index contributed by atoms with van der Waals surface area (Å²) < 4.78 is 6.01. The summed E-state index contributed by atoms with van der Waals surface area (Å²) in [7, 11) is 0. The Balaban J connectivity index is 1.71. The Hall–Kier alpha value is -2.81. The van der Waals surface area contributed by atoms with Crippen molar-refractivity contribution in [2.75, 3.05) is 0 Å². The Labute approximate surface area is 161 Å². The van der Waals surface area contributed by atoms with Crippen LogP contribution in [0.5, 0.6) is 5.75 Å². The summed E-state index contributed by atoms with van der Waals surface area (Å²) in [5.74, 6) is 0.632. The number of amides is 1. The number of aryl methyl sites for hydroxylation is 2. The van der Waals surface area contributed by atoms with Crippen molar-refractivity contribution in [3.63, 3.8) is 0 Å². The van der Waals surface area contributed by atoms with Crippen molar-refractivity contribution >= 4 is 16.7 Å². The van der Waals surface area contributed by atoms with Crippen LogP contribution in [0, 0.1) is 13.8 Å². The topological polar surface area (TPSA) is 38.3 Å². The van der Waals surface area contributed by atoms with Gasteiger partial charge >= 0.3 is 0 Å². The van der Waals surface area contributed by atoms with E-state index in [1.54, 1.807) is 0 Å². The van der Waals surface area contributed by atoms with E-state index in [0.717, 1.165) is 22.1 Å². The summed E-state index contributed by atoms with van der Waals surface area (Å²) in [5, 5.41) is 5.36. The molecule has 0 saturated heterocycles. The number of ether oxygens (including phenoxy) is 1. The lowest BCUT2D eigenvalue weighted by molar-refractivity contribution is -0.128. The highest BCUT2D eigenvalue weighted by molar-refractivity contribution is 5.84. The monoisotopic (exact) mass is 361 g/mol. The summed E-state index contributed by atoms with van der Waals surface area (Å²) >= 11 is 0. The first-order valence-electron chi connectivity index (χ1n) is 9.51. The third-order valence-electron chi connectivity index (χ3n) is 4.91. The molecule has 3 rings (SSSR count). The standard InChI is InChI=1S/C24H27NO2/c1-5-23(27-21-12-11-19-8-6-7-9-20(19)15-21)24(26)25-18(4)22-13-10-16(2)14-17(22)3/h6-15,18,23H,5H2,1-4H3,(H,25,26)/t18-,23+/m1/s1. The Bertz CT molecular complexity index is 948. The minimum Gasteiger partial charge on any atom is -0.481 e. The largest absolute Gasteiger partial charge is 0.481 e. The molecule has 1 N–H and O–H groups in total. The van der Waals surface area contributed by atoms with E-state index in [1.165, 1.54) is 11.1 Å². The lowest BCUT2D eigenvalue weighted by Crippen LogP contribution is -2.39. The van der Waals surface area contributed by atoms with Crippen LogP contribution in [0.4, 0.5) is 0 Å². The maximum atomic E-state index is 12.8. The van der Waals surface area contributed by atoms with E-state index in [2.05, 4.69) is 43.4 Å². The van der Waals surface area contributed by atoms with Gasteiger partial charge in [0.15, 0.2) is 6.10 Å². The maximum Gasteiger partial charge on any atom is 0.261 e. The lowest BCUT2D eigenvalue weighted by atomic mass is 10.00. The summed E-state index contributed by atoms with van der Waals surface area (Å²) in [5.41, 5.74) is 3.54. The summed E-state index contributed by atoms with van der Waals surface area (Å²) in [6.45, 7) is 8.13. The number of fused-ring (bicyclic) bond motifs is 1. The van der Waals surface area contributed by atoms with Crippen molar-refractivity contribution in [3.05, 3.63) is 77.4 Å². The van der Waals surface area contributed by atoms with Gasteiger partial charge in [0.25, 0.3) is 5.91 Å². The third-order valence-corrected chi connectivity index (χ3v) is 4.91. The SMILES string of the molecule is CC[C@H](Oc1ccc2ccccc2c1)C(=O)N[C@H](C)c1ccc(C)cc1C. The number of rotatable bonds is 6. The van der Waals surface area contributed by atoms with E-state index < -0.39 is 6.10 Å². The second kappa shape index (κ2) is 8.26. The highest BCUT2D eigenvalue weighted by atomic mass is 16.5. The van der Waals surface area contributed by atoms with Gasteiger partial charge in [-0.05, 0) is 61.2 Å². The van der Waals surface area contributed by atoms with Crippen LogP contribution in [0.15, 0.2) is 60.7 Å². The summed E-state index contributed by atoms with van der Waals surface area (Å²) in [6.07, 6.45) is 0.0949. The minimum atomic E-state index is -0.514. The van der Waals surface area contributed by atoms with Gasteiger partial charge < -0.3 is 10.1 Å². The Morgan fingerprint density at radius 2 is 1.74 bits per heavy atom. The second-order valence-corrected chi connectivity index (χ2v) is 7.11. The molecule has 27 heavy (non-hydrogen) atoms. The van der Waals surface area contributed by atoms with E-state index in [4.69, 9.17) is 4.74 Å². The Morgan fingerprint density at radius 3 is 2.44 bits per heavy atom. The molecule has 3 nitrogen and oxygen atoms in total. The first-order chi connectivity index (χ1) is 13.0. The molecule has 0 aliphatic heterocycles. The van der Waals surface area contributed by atoms with Crippen molar-refractivity contribution in [1.82, 2.24) is 5.32 Å². The highest BCUT2D eigenvalue weighted by Gasteiger charge is 2.21. The molecule has 0 aliphatic rings. The van der Waals surface area contributed by atoms with Gasteiger partial charge in [0, 0.05) is 0 Å². The zero-order valence-electron chi connectivity index (χ0n) is 16.5. The third kappa shape index (κ3) is 4.48. The fraction of sp³-hybridized carbons (Fsp3) is 0.292. The van der Waals surface area contributed by atoms with Crippen molar-refractivity contribution < 1.29 is 9.53 Å². The summed E-state index contributed by atoms with van der Waals surface area (Å²) in [4.78, 5) is 12.8.